The first-order chi connectivity index (χ1) is 7.11. The summed E-state index contributed by atoms with van der Waals surface area (Å²) >= 11 is 0. The quantitative estimate of drug-likeness (QED) is 0.573. The van der Waals surface area contributed by atoms with E-state index in [2.05, 4.69) is 37.9 Å². The molecule has 0 heterocycles. The lowest BCUT2D eigenvalue weighted by atomic mass is 10.2. The maximum atomic E-state index is 9.82. The molecule has 1 atom stereocenters. The Labute approximate surface area is 94.9 Å². The molecule has 0 aliphatic carbocycles. The van der Waals surface area contributed by atoms with Crippen LogP contribution in [0.15, 0.2) is 0 Å². The molecule has 0 aromatic rings. The SMILES string of the molecule is CCCNCC(O)CN(CCC)C(C)C. The molecule has 92 valence electrons. The van der Waals surface area contributed by atoms with Crippen LogP contribution >= 0.6 is 0 Å². The van der Waals surface area contributed by atoms with Crippen molar-refractivity contribution in [2.24, 2.45) is 0 Å². The van der Waals surface area contributed by atoms with Gasteiger partial charge in [0.2, 0.25) is 0 Å². The van der Waals surface area contributed by atoms with E-state index < -0.39 is 0 Å². The van der Waals surface area contributed by atoms with E-state index in [0.29, 0.717) is 12.6 Å². The average molecular weight is 216 g/mol. The summed E-state index contributed by atoms with van der Waals surface area (Å²) in [6.45, 7) is 12.2. The first-order valence-corrected chi connectivity index (χ1v) is 6.24. The van der Waals surface area contributed by atoms with Crippen molar-refractivity contribution in [1.82, 2.24) is 10.2 Å². The molecule has 0 aliphatic rings. The van der Waals surface area contributed by atoms with Crippen molar-refractivity contribution in [3.8, 4) is 0 Å². The Morgan fingerprint density at radius 3 is 2.33 bits per heavy atom. The minimum Gasteiger partial charge on any atom is -0.390 e. The van der Waals surface area contributed by atoms with Crippen molar-refractivity contribution in [3.63, 3.8) is 0 Å². The molecule has 1 unspecified atom stereocenters. The summed E-state index contributed by atoms with van der Waals surface area (Å²) in [6.07, 6.45) is 2.02. The lowest BCUT2D eigenvalue weighted by Crippen LogP contribution is -2.42. The van der Waals surface area contributed by atoms with Crippen LogP contribution < -0.4 is 5.32 Å². The number of hydrogen-bond donors (Lipinski definition) is 2. The molecule has 0 aromatic carbocycles. The smallest absolute Gasteiger partial charge is 0.0791 e. The average Bonchev–Trinajstić information content (AvgIpc) is 2.17. The molecular formula is C12H28N2O. The molecular weight excluding hydrogens is 188 g/mol. The minimum absolute atomic E-state index is 0.245. The number of rotatable bonds is 9. The summed E-state index contributed by atoms with van der Waals surface area (Å²) in [5.41, 5.74) is 0. The largest absolute Gasteiger partial charge is 0.390 e. The molecule has 3 heteroatoms. The van der Waals surface area contributed by atoms with E-state index in [1.807, 2.05) is 0 Å². The molecule has 0 radical (unpaired) electrons. The Kier molecular flexibility index (Phi) is 9.06. The first kappa shape index (κ1) is 14.9. The van der Waals surface area contributed by atoms with Gasteiger partial charge in [0.05, 0.1) is 6.10 Å². The van der Waals surface area contributed by atoms with Gasteiger partial charge >= 0.3 is 0 Å². The summed E-state index contributed by atoms with van der Waals surface area (Å²) in [4.78, 5) is 2.33. The normalized spacial score (nSPS) is 13.8. The van der Waals surface area contributed by atoms with Crippen LogP contribution in [0.1, 0.15) is 40.5 Å². The van der Waals surface area contributed by atoms with Gasteiger partial charge in [0.1, 0.15) is 0 Å². The molecule has 0 bridgehead atoms. The van der Waals surface area contributed by atoms with Crippen LogP contribution in [0, 0.1) is 0 Å². The lowest BCUT2D eigenvalue weighted by Gasteiger charge is -2.28. The Hall–Kier alpha value is -0.120. The Balaban J connectivity index is 3.73. The van der Waals surface area contributed by atoms with Crippen molar-refractivity contribution in [2.75, 3.05) is 26.2 Å². The zero-order valence-electron chi connectivity index (χ0n) is 10.8. The lowest BCUT2D eigenvalue weighted by molar-refractivity contribution is 0.0947. The molecule has 0 saturated heterocycles. The molecule has 2 N–H and O–H groups in total. The fourth-order valence-corrected chi connectivity index (χ4v) is 1.63. The van der Waals surface area contributed by atoms with Gasteiger partial charge in [-0.3, -0.25) is 4.90 Å². The van der Waals surface area contributed by atoms with Crippen molar-refractivity contribution in [3.05, 3.63) is 0 Å². The maximum absolute atomic E-state index is 9.82. The third kappa shape index (κ3) is 7.77. The van der Waals surface area contributed by atoms with Crippen LogP contribution in [0.5, 0.6) is 0 Å². The summed E-state index contributed by atoms with van der Waals surface area (Å²) in [5.74, 6) is 0. The van der Waals surface area contributed by atoms with E-state index >= 15 is 0 Å². The van der Waals surface area contributed by atoms with Gasteiger partial charge in [0.15, 0.2) is 0 Å². The van der Waals surface area contributed by atoms with Gasteiger partial charge in [-0.15, -0.1) is 0 Å². The van der Waals surface area contributed by atoms with Crippen molar-refractivity contribution in [2.45, 2.75) is 52.7 Å². The Morgan fingerprint density at radius 2 is 1.87 bits per heavy atom. The molecule has 0 fully saturated rings. The topological polar surface area (TPSA) is 35.5 Å². The molecule has 0 amide bonds. The third-order valence-corrected chi connectivity index (χ3v) is 2.49. The highest BCUT2D eigenvalue weighted by atomic mass is 16.3. The number of nitrogens with zero attached hydrogens (tertiary/aromatic N) is 1. The Morgan fingerprint density at radius 1 is 1.20 bits per heavy atom. The van der Waals surface area contributed by atoms with E-state index in [1.54, 1.807) is 0 Å². The van der Waals surface area contributed by atoms with Crippen LogP contribution in [0.3, 0.4) is 0 Å². The van der Waals surface area contributed by atoms with Crippen LogP contribution in [0.4, 0.5) is 0 Å². The van der Waals surface area contributed by atoms with Gasteiger partial charge < -0.3 is 10.4 Å². The highest BCUT2D eigenvalue weighted by Crippen LogP contribution is 2.01. The first-order valence-electron chi connectivity index (χ1n) is 6.24. The van der Waals surface area contributed by atoms with E-state index in [1.165, 1.54) is 0 Å². The van der Waals surface area contributed by atoms with Gasteiger partial charge in [0.25, 0.3) is 0 Å². The minimum atomic E-state index is -0.245. The summed E-state index contributed by atoms with van der Waals surface area (Å²) < 4.78 is 0. The molecule has 0 aromatic heterocycles. The zero-order valence-corrected chi connectivity index (χ0v) is 10.8. The van der Waals surface area contributed by atoms with Gasteiger partial charge in [-0.2, -0.15) is 0 Å². The number of aliphatic hydroxyl groups excluding tert-OH is 1. The predicted molar refractivity (Wildman–Crippen MR) is 66.2 cm³/mol. The fraction of sp³-hybridized carbons (Fsp3) is 1.00. The van der Waals surface area contributed by atoms with E-state index in [-0.39, 0.29) is 6.10 Å². The highest BCUT2D eigenvalue weighted by molar-refractivity contribution is 4.69. The van der Waals surface area contributed by atoms with Gasteiger partial charge in [0, 0.05) is 19.1 Å². The number of aliphatic hydroxyl groups is 1. The van der Waals surface area contributed by atoms with Gasteiger partial charge in [-0.25, -0.2) is 0 Å². The van der Waals surface area contributed by atoms with Crippen LogP contribution in [-0.4, -0.2) is 48.3 Å². The van der Waals surface area contributed by atoms with E-state index in [0.717, 1.165) is 32.5 Å². The number of nitrogens with one attached hydrogen (secondary N) is 1. The van der Waals surface area contributed by atoms with Crippen LogP contribution in [0.2, 0.25) is 0 Å². The highest BCUT2D eigenvalue weighted by Gasteiger charge is 2.13. The van der Waals surface area contributed by atoms with Crippen molar-refractivity contribution in [1.29, 1.82) is 0 Å². The molecule has 0 rings (SSSR count). The monoisotopic (exact) mass is 216 g/mol. The number of hydrogen-bond acceptors (Lipinski definition) is 3. The molecule has 0 saturated carbocycles. The maximum Gasteiger partial charge on any atom is 0.0791 e. The standard InChI is InChI=1S/C12H28N2O/c1-5-7-13-9-12(15)10-14(8-6-2)11(3)4/h11-13,15H,5-10H2,1-4H3. The molecule has 0 spiro atoms. The fourth-order valence-electron chi connectivity index (χ4n) is 1.63. The third-order valence-electron chi connectivity index (χ3n) is 2.49. The summed E-state index contributed by atoms with van der Waals surface area (Å²) in [6, 6.07) is 0.519. The second-order valence-electron chi connectivity index (χ2n) is 4.45. The summed E-state index contributed by atoms with van der Waals surface area (Å²) in [5, 5.41) is 13.1. The summed E-state index contributed by atoms with van der Waals surface area (Å²) in [7, 11) is 0. The van der Waals surface area contributed by atoms with Crippen LogP contribution in [0.25, 0.3) is 0 Å². The van der Waals surface area contributed by atoms with Crippen LogP contribution in [-0.2, 0) is 0 Å². The zero-order chi connectivity index (χ0) is 11.7. The van der Waals surface area contributed by atoms with E-state index in [9.17, 15) is 5.11 Å². The molecule has 15 heavy (non-hydrogen) atoms. The predicted octanol–water partition coefficient (Wildman–Crippen LogP) is 1.47. The molecule has 0 aliphatic heterocycles. The van der Waals surface area contributed by atoms with Crippen molar-refractivity contribution < 1.29 is 5.11 Å². The second-order valence-corrected chi connectivity index (χ2v) is 4.45. The van der Waals surface area contributed by atoms with E-state index in [4.69, 9.17) is 0 Å². The Bertz CT molecular complexity index is 140. The second kappa shape index (κ2) is 9.13. The van der Waals surface area contributed by atoms with Crippen molar-refractivity contribution >= 4 is 0 Å². The van der Waals surface area contributed by atoms with Gasteiger partial charge in [-0.1, -0.05) is 13.8 Å². The van der Waals surface area contributed by atoms with Gasteiger partial charge in [-0.05, 0) is 39.8 Å². The molecule has 3 nitrogen and oxygen atoms in total.